The molecule has 3 N–H and O–H groups in total. The Balaban J connectivity index is 2.73. The number of likely N-dealkylation sites (N-methyl/N-ethyl adjacent to an activating group) is 1. The lowest BCUT2D eigenvalue weighted by molar-refractivity contribution is -0.133. The average Bonchev–Trinajstić information content (AvgIpc) is 2.44. The standard InChI is InChI=1S/C17H32N4O3/c1-11(22)18-12-9-7-8-10-13(12)19-16(24)20-14(17(2,3)4)15(23)21(5)6/h12-14H,7-10H2,1-6H3,(H,18,22)(H2,19,20,24)/t12-,13-,14-/m1/s1. The van der Waals surface area contributed by atoms with Crippen molar-refractivity contribution >= 4 is 17.8 Å². The first-order chi connectivity index (χ1) is 11.0. The topological polar surface area (TPSA) is 90.5 Å². The highest BCUT2D eigenvalue weighted by molar-refractivity contribution is 5.87. The van der Waals surface area contributed by atoms with E-state index in [-0.39, 0.29) is 29.9 Å². The van der Waals surface area contributed by atoms with Crippen molar-refractivity contribution in [1.29, 1.82) is 0 Å². The minimum absolute atomic E-state index is 0.0559. The molecule has 0 aromatic heterocycles. The van der Waals surface area contributed by atoms with Gasteiger partial charge in [-0.1, -0.05) is 33.6 Å². The van der Waals surface area contributed by atoms with Crippen LogP contribution < -0.4 is 16.0 Å². The third-order valence-electron chi connectivity index (χ3n) is 4.30. The second-order valence-corrected chi connectivity index (χ2v) is 7.85. The molecule has 0 saturated heterocycles. The molecule has 1 saturated carbocycles. The molecule has 1 aliphatic rings. The van der Waals surface area contributed by atoms with Gasteiger partial charge in [0, 0.05) is 27.1 Å². The van der Waals surface area contributed by atoms with E-state index in [1.54, 1.807) is 14.1 Å². The number of carbonyl (C=O) groups is 3. The summed E-state index contributed by atoms with van der Waals surface area (Å²) in [7, 11) is 3.35. The molecule has 1 fully saturated rings. The Hall–Kier alpha value is -1.79. The Bertz CT molecular complexity index is 471. The van der Waals surface area contributed by atoms with Crippen molar-refractivity contribution in [3.8, 4) is 0 Å². The third-order valence-corrected chi connectivity index (χ3v) is 4.30. The van der Waals surface area contributed by atoms with Crippen LogP contribution in [0.25, 0.3) is 0 Å². The first-order valence-corrected chi connectivity index (χ1v) is 8.57. The molecule has 0 bridgehead atoms. The van der Waals surface area contributed by atoms with Crippen LogP contribution in [-0.2, 0) is 9.59 Å². The summed E-state index contributed by atoms with van der Waals surface area (Å²) in [5.74, 6) is -0.232. The van der Waals surface area contributed by atoms with Crippen LogP contribution in [0.5, 0.6) is 0 Å². The molecule has 24 heavy (non-hydrogen) atoms. The smallest absolute Gasteiger partial charge is 0.315 e. The van der Waals surface area contributed by atoms with Crippen molar-refractivity contribution in [2.75, 3.05) is 14.1 Å². The van der Waals surface area contributed by atoms with Crippen molar-refractivity contribution < 1.29 is 14.4 Å². The SMILES string of the molecule is CC(=O)N[C@@H]1CCCC[C@H]1NC(=O)N[C@H](C(=O)N(C)C)C(C)(C)C. The van der Waals surface area contributed by atoms with Crippen LogP contribution in [0, 0.1) is 5.41 Å². The normalized spacial score (nSPS) is 22.2. The van der Waals surface area contributed by atoms with Crippen LogP contribution in [0.15, 0.2) is 0 Å². The van der Waals surface area contributed by atoms with E-state index >= 15 is 0 Å². The van der Waals surface area contributed by atoms with Crippen LogP contribution in [-0.4, -0.2) is 55.0 Å². The Morgan fingerprint density at radius 2 is 1.50 bits per heavy atom. The van der Waals surface area contributed by atoms with E-state index < -0.39 is 11.5 Å². The first kappa shape index (κ1) is 20.3. The fraction of sp³-hybridized carbons (Fsp3) is 0.824. The molecular weight excluding hydrogens is 308 g/mol. The van der Waals surface area contributed by atoms with Gasteiger partial charge in [0.1, 0.15) is 6.04 Å². The molecule has 0 spiro atoms. The summed E-state index contributed by atoms with van der Waals surface area (Å²) in [6.45, 7) is 7.23. The Kier molecular flexibility index (Phi) is 7.05. The molecule has 0 radical (unpaired) electrons. The minimum atomic E-state index is -0.615. The Morgan fingerprint density at radius 1 is 1.00 bits per heavy atom. The number of rotatable bonds is 4. The first-order valence-electron chi connectivity index (χ1n) is 8.57. The monoisotopic (exact) mass is 340 g/mol. The Labute approximate surface area is 144 Å². The molecule has 1 aliphatic carbocycles. The van der Waals surface area contributed by atoms with E-state index in [0.29, 0.717) is 0 Å². The summed E-state index contributed by atoms with van der Waals surface area (Å²) in [4.78, 5) is 37.6. The van der Waals surface area contributed by atoms with Gasteiger partial charge in [-0.25, -0.2) is 4.79 Å². The number of nitrogens with one attached hydrogen (secondary N) is 3. The van der Waals surface area contributed by atoms with Crippen molar-refractivity contribution in [1.82, 2.24) is 20.9 Å². The van der Waals surface area contributed by atoms with Crippen molar-refractivity contribution in [2.45, 2.75) is 71.5 Å². The van der Waals surface area contributed by atoms with Gasteiger partial charge in [-0.05, 0) is 18.3 Å². The lowest BCUT2D eigenvalue weighted by Gasteiger charge is -2.35. The molecule has 0 aromatic carbocycles. The molecular formula is C17H32N4O3. The lowest BCUT2D eigenvalue weighted by atomic mass is 9.86. The zero-order valence-electron chi connectivity index (χ0n) is 15.7. The second kappa shape index (κ2) is 8.35. The van der Waals surface area contributed by atoms with E-state index in [1.165, 1.54) is 11.8 Å². The van der Waals surface area contributed by atoms with Gasteiger partial charge in [0.25, 0.3) is 0 Å². The quantitative estimate of drug-likeness (QED) is 0.719. The molecule has 1 rings (SSSR count). The lowest BCUT2D eigenvalue weighted by Crippen LogP contribution is -2.59. The van der Waals surface area contributed by atoms with Gasteiger partial charge in [-0.15, -0.1) is 0 Å². The Morgan fingerprint density at radius 3 is 1.92 bits per heavy atom. The predicted molar refractivity (Wildman–Crippen MR) is 93.5 cm³/mol. The maximum Gasteiger partial charge on any atom is 0.315 e. The molecule has 0 aliphatic heterocycles. The highest BCUT2D eigenvalue weighted by atomic mass is 16.2. The molecule has 138 valence electrons. The van der Waals surface area contributed by atoms with Crippen molar-refractivity contribution in [2.24, 2.45) is 5.41 Å². The van der Waals surface area contributed by atoms with Crippen LogP contribution in [0.3, 0.4) is 0 Å². The molecule has 4 amide bonds. The van der Waals surface area contributed by atoms with E-state index in [4.69, 9.17) is 0 Å². The number of hydrogen-bond acceptors (Lipinski definition) is 3. The average molecular weight is 340 g/mol. The van der Waals surface area contributed by atoms with Gasteiger partial charge in [0.05, 0.1) is 6.04 Å². The third kappa shape index (κ3) is 6.02. The molecule has 3 atom stereocenters. The molecule has 0 aromatic rings. The summed E-state index contributed by atoms with van der Waals surface area (Å²) >= 11 is 0. The molecule has 0 unspecified atom stereocenters. The maximum absolute atomic E-state index is 12.4. The minimum Gasteiger partial charge on any atom is -0.352 e. The zero-order valence-corrected chi connectivity index (χ0v) is 15.7. The summed E-state index contributed by atoms with van der Waals surface area (Å²) < 4.78 is 0. The van der Waals surface area contributed by atoms with Gasteiger partial charge in [0.15, 0.2) is 0 Å². The fourth-order valence-electron chi connectivity index (χ4n) is 2.99. The van der Waals surface area contributed by atoms with E-state index in [2.05, 4.69) is 16.0 Å². The van der Waals surface area contributed by atoms with Gasteiger partial charge in [-0.2, -0.15) is 0 Å². The second-order valence-electron chi connectivity index (χ2n) is 7.85. The highest BCUT2D eigenvalue weighted by Crippen LogP contribution is 2.21. The summed E-state index contributed by atoms with van der Waals surface area (Å²) in [5.41, 5.74) is -0.401. The zero-order chi connectivity index (χ0) is 18.5. The number of urea groups is 1. The molecule has 7 heteroatoms. The number of carbonyl (C=O) groups excluding carboxylic acids is 3. The number of amides is 4. The molecule has 7 nitrogen and oxygen atoms in total. The summed E-state index contributed by atoms with van der Waals surface area (Å²) in [5, 5.41) is 8.65. The van der Waals surface area contributed by atoms with Gasteiger partial charge in [0.2, 0.25) is 11.8 Å². The van der Waals surface area contributed by atoms with Crippen molar-refractivity contribution in [3.05, 3.63) is 0 Å². The van der Waals surface area contributed by atoms with Crippen LogP contribution in [0.2, 0.25) is 0 Å². The molecule has 0 heterocycles. The maximum atomic E-state index is 12.4. The van der Waals surface area contributed by atoms with E-state index in [9.17, 15) is 14.4 Å². The van der Waals surface area contributed by atoms with Crippen LogP contribution in [0.1, 0.15) is 53.4 Å². The van der Waals surface area contributed by atoms with E-state index in [1.807, 2.05) is 20.8 Å². The van der Waals surface area contributed by atoms with Gasteiger partial charge >= 0.3 is 6.03 Å². The number of nitrogens with zero attached hydrogens (tertiary/aromatic N) is 1. The number of hydrogen-bond donors (Lipinski definition) is 3. The summed E-state index contributed by atoms with van der Waals surface area (Å²) in [6.07, 6.45) is 3.72. The highest BCUT2D eigenvalue weighted by Gasteiger charge is 2.35. The van der Waals surface area contributed by atoms with Crippen LogP contribution >= 0.6 is 0 Å². The van der Waals surface area contributed by atoms with Gasteiger partial charge < -0.3 is 20.9 Å². The largest absolute Gasteiger partial charge is 0.352 e. The summed E-state index contributed by atoms with van der Waals surface area (Å²) in [6, 6.07) is -1.15. The van der Waals surface area contributed by atoms with E-state index in [0.717, 1.165) is 25.7 Å². The fourth-order valence-corrected chi connectivity index (χ4v) is 2.99. The van der Waals surface area contributed by atoms with Crippen LogP contribution in [0.4, 0.5) is 4.79 Å². The predicted octanol–water partition coefficient (Wildman–Crippen LogP) is 1.24. The van der Waals surface area contributed by atoms with Gasteiger partial charge in [-0.3, -0.25) is 9.59 Å². The van der Waals surface area contributed by atoms with Crippen molar-refractivity contribution in [3.63, 3.8) is 0 Å².